The summed E-state index contributed by atoms with van der Waals surface area (Å²) in [5.74, 6) is 0.828. The van der Waals surface area contributed by atoms with E-state index in [0.29, 0.717) is 6.04 Å². The number of sulfonamides is 1. The lowest BCUT2D eigenvalue weighted by Crippen LogP contribution is -2.38. The monoisotopic (exact) mass is 414 g/mol. The van der Waals surface area contributed by atoms with Crippen molar-refractivity contribution in [3.63, 3.8) is 0 Å². The summed E-state index contributed by atoms with van der Waals surface area (Å²) in [5.41, 5.74) is 1.25. The third kappa shape index (κ3) is 4.02. The van der Waals surface area contributed by atoms with E-state index in [1.54, 1.807) is 6.07 Å². The minimum Gasteiger partial charge on any atom is -0.374 e. The number of hydrogen-bond acceptors (Lipinski definition) is 6. The van der Waals surface area contributed by atoms with E-state index >= 15 is 0 Å². The van der Waals surface area contributed by atoms with Gasteiger partial charge in [0.2, 0.25) is 10.0 Å². The fraction of sp³-hybridized carbons (Fsp3) is 0.476. The molecule has 8 heteroatoms. The van der Waals surface area contributed by atoms with E-state index in [-0.39, 0.29) is 17.0 Å². The molecule has 3 aliphatic rings. The van der Waals surface area contributed by atoms with Crippen LogP contribution in [0, 0.1) is 0 Å². The lowest BCUT2D eigenvalue weighted by atomic mass is 10.2. The molecule has 7 nitrogen and oxygen atoms in total. The number of benzene rings is 1. The average molecular weight is 415 g/mol. The summed E-state index contributed by atoms with van der Waals surface area (Å²) in [6.07, 6.45) is 3.60. The first kappa shape index (κ1) is 19.0. The minimum absolute atomic E-state index is 0.0742. The van der Waals surface area contributed by atoms with Crippen molar-refractivity contribution in [3.8, 4) is 0 Å². The summed E-state index contributed by atoms with van der Waals surface area (Å²) in [6, 6.07) is 14.0. The third-order valence-corrected chi connectivity index (χ3v) is 7.57. The van der Waals surface area contributed by atoms with Crippen molar-refractivity contribution in [2.45, 2.75) is 42.5 Å². The quantitative estimate of drug-likeness (QED) is 0.774. The molecule has 3 saturated heterocycles. The predicted molar refractivity (Wildman–Crippen MR) is 110 cm³/mol. The van der Waals surface area contributed by atoms with Gasteiger partial charge in [0.05, 0.1) is 18.8 Å². The van der Waals surface area contributed by atoms with Crippen LogP contribution in [0.4, 0.5) is 5.82 Å². The second-order valence-corrected chi connectivity index (χ2v) is 9.89. The highest BCUT2D eigenvalue weighted by atomic mass is 32.2. The first-order chi connectivity index (χ1) is 14.1. The zero-order valence-corrected chi connectivity index (χ0v) is 17.1. The molecular weight excluding hydrogens is 388 g/mol. The summed E-state index contributed by atoms with van der Waals surface area (Å²) in [4.78, 5) is 9.16. The maximum Gasteiger partial charge on any atom is 0.242 e. The Morgan fingerprint density at radius 1 is 1.14 bits per heavy atom. The topological polar surface area (TPSA) is 74.8 Å². The predicted octanol–water partition coefficient (Wildman–Crippen LogP) is 1.61. The van der Waals surface area contributed by atoms with E-state index in [1.807, 2.05) is 24.3 Å². The molecule has 154 valence electrons. The van der Waals surface area contributed by atoms with Crippen molar-refractivity contribution in [2.75, 3.05) is 31.1 Å². The van der Waals surface area contributed by atoms with E-state index in [4.69, 9.17) is 4.74 Å². The molecule has 29 heavy (non-hydrogen) atoms. The Labute approximate surface area is 171 Å². The van der Waals surface area contributed by atoms with Gasteiger partial charge in [-0.2, -0.15) is 0 Å². The molecule has 3 aliphatic heterocycles. The number of aromatic nitrogens is 1. The van der Waals surface area contributed by atoms with Crippen LogP contribution < -0.4 is 9.62 Å². The summed E-state index contributed by atoms with van der Waals surface area (Å²) in [6.45, 7) is 4.02. The van der Waals surface area contributed by atoms with Gasteiger partial charge in [-0.1, -0.05) is 30.3 Å². The van der Waals surface area contributed by atoms with Crippen LogP contribution in [0.5, 0.6) is 0 Å². The van der Waals surface area contributed by atoms with Crippen molar-refractivity contribution >= 4 is 15.8 Å². The highest BCUT2D eigenvalue weighted by molar-refractivity contribution is 7.89. The number of anilines is 1. The number of fused-ring (bicyclic) bond motifs is 2. The second-order valence-electron chi connectivity index (χ2n) is 8.18. The highest BCUT2D eigenvalue weighted by Crippen LogP contribution is 2.31. The van der Waals surface area contributed by atoms with E-state index in [1.165, 1.54) is 11.8 Å². The molecule has 3 fully saturated rings. The van der Waals surface area contributed by atoms with E-state index in [0.717, 1.165) is 51.4 Å². The first-order valence-corrected chi connectivity index (χ1v) is 11.7. The van der Waals surface area contributed by atoms with Crippen LogP contribution in [0.3, 0.4) is 0 Å². The van der Waals surface area contributed by atoms with Crippen LogP contribution in [-0.4, -0.2) is 62.7 Å². The summed E-state index contributed by atoms with van der Waals surface area (Å²) in [7, 11) is -3.57. The standard InChI is InChI=1S/C21H26N4O3S/c26-29(27,23-17-8-9-24(13-17)12-16-4-2-1-3-5-16)20-6-7-21(22-11-20)25-14-19-10-18(25)15-28-19/h1-7,11,17-19,23H,8-10,12-15H2/t17-,18+,19+/m1/s1. The van der Waals surface area contributed by atoms with Crippen LogP contribution >= 0.6 is 0 Å². The number of hydrogen-bond donors (Lipinski definition) is 1. The van der Waals surface area contributed by atoms with Gasteiger partial charge in [0.15, 0.2) is 0 Å². The number of ether oxygens (including phenoxy) is 1. The van der Waals surface area contributed by atoms with Crippen molar-refractivity contribution in [1.82, 2.24) is 14.6 Å². The Bertz CT molecular complexity index is 952. The van der Waals surface area contributed by atoms with Crippen molar-refractivity contribution < 1.29 is 13.2 Å². The van der Waals surface area contributed by atoms with Crippen molar-refractivity contribution in [1.29, 1.82) is 0 Å². The lowest BCUT2D eigenvalue weighted by molar-refractivity contribution is 0.0989. The van der Waals surface area contributed by atoms with Crippen molar-refractivity contribution in [3.05, 3.63) is 54.2 Å². The molecule has 0 radical (unpaired) electrons. The fourth-order valence-electron chi connectivity index (χ4n) is 4.58. The summed E-state index contributed by atoms with van der Waals surface area (Å²) in [5, 5.41) is 0. The second kappa shape index (κ2) is 7.68. The molecule has 0 spiro atoms. The van der Waals surface area contributed by atoms with Gasteiger partial charge in [-0.3, -0.25) is 4.90 Å². The van der Waals surface area contributed by atoms with Gasteiger partial charge < -0.3 is 9.64 Å². The van der Waals surface area contributed by atoms with Crippen LogP contribution in [0.2, 0.25) is 0 Å². The van der Waals surface area contributed by atoms with E-state index < -0.39 is 10.0 Å². The van der Waals surface area contributed by atoms with Gasteiger partial charge in [-0.05, 0) is 30.5 Å². The van der Waals surface area contributed by atoms with Gasteiger partial charge in [0.1, 0.15) is 10.7 Å². The minimum atomic E-state index is -3.57. The molecule has 0 aliphatic carbocycles. The lowest BCUT2D eigenvalue weighted by Gasteiger charge is -2.27. The summed E-state index contributed by atoms with van der Waals surface area (Å²) >= 11 is 0. The molecule has 2 aromatic rings. The van der Waals surface area contributed by atoms with Gasteiger partial charge in [-0.25, -0.2) is 18.1 Å². The molecule has 0 saturated carbocycles. The highest BCUT2D eigenvalue weighted by Gasteiger charge is 2.39. The molecule has 1 aromatic carbocycles. The average Bonchev–Trinajstić information content (AvgIpc) is 3.46. The largest absolute Gasteiger partial charge is 0.374 e. The molecule has 1 N–H and O–H groups in total. The molecule has 5 rings (SSSR count). The fourth-order valence-corrected chi connectivity index (χ4v) is 5.79. The van der Waals surface area contributed by atoms with Gasteiger partial charge in [-0.15, -0.1) is 0 Å². The van der Waals surface area contributed by atoms with Crippen LogP contribution in [0.25, 0.3) is 0 Å². The normalized spacial score (nSPS) is 27.0. The van der Waals surface area contributed by atoms with Gasteiger partial charge >= 0.3 is 0 Å². The Hall–Kier alpha value is -2.00. The van der Waals surface area contributed by atoms with Gasteiger partial charge in [0.25, 0.3) is 0 Å². The van der Waals surface area contributed by atoms with Crippen molar-refractivity contribution in [2.24, 2.45) is 0 Å². The SMILES string of the molecule is O=S(=O)(N[C@@H]1CCN(Cc2ccccc2)C1)c1ccc(N2C[C@@H]3C[C@H]2CO3)nc1. The maximum absolute atomic E-state index is 12.8. The van der Waals surface area contributed by atoms with Crippen LogP contribution in [0.1, 0.15) is 18.4 Å². The Balaban J connectivity index is 1.20. The number of nitrogens with one attached hydrogen (secondary N) is 1. The maximum atomic E-state index is 12.8. The number of pyridine rings is 1. The number of morpholine rings is 1. The Morgan fingerprint density at radius 2 is 2.00 bits per heavy atom. The molecule has 2 bridgehead atoms. The molecular formula is C21H26N4O3S. The zero-order chi connectivity index (χ0) is 19.8. The molecule has 0 unspecified atom stereocenters. The zero-order valence-electron chi connectivity index (χ0n) is 16.3. The molecule has 3 atom stereocenters. The first-order valence-electron chi connectivity index (χ1n) is 10.2. The number of likely N-dealkylation sites (tertiary alicyclic amines) is 1. The Morgan fingerprint density at radius 3 is 2.69 bits per heavy atom. The molecule has 0 amide bonds. The van der Waals surface area contributed by atoms with Gasteiger partial charge in [0, 0.05) is 38.4 Å². The summed E-state index contributed by atoms with van der Waals surface area (Å²) < 4.78 is 34.1. The molecule has 1 aromatic heterocycles. The van der Waals surface area contributed by atoms with Crippen LogP contribution in [0.15, 0.2) is 53.6 Å². The smallest absolute Gasteiger partial charge is 0.242 e. The van der Waals surface area contributed by atoms with E-state index in [9.17, 15) is 8.42 Å². The Kier molecular flexibility index (Phi) is 5.03. The number of nitrogens with zero attached hydrogens (tertiary/aromatic N) is 3. The van der Waals surface area contributed by atoms with Crippen LogP contribution in [-0.2, 0) is 21.3 Å². The molecule has 4 heterocycles. The van der Waals surface area contributed by atoms with E-state index in [2.05, 4.69) is 31.6 Å². The number of rotatable bonds is 6. The third-order valence-electron chi connectivity index (χ3n) is 6.07.